The van der Waals surface area contributed by atoms with Crippen LogP contribution in [0.5, 0.6) is 0 Å². The van der Waals surface area contributed by atoms with Gasteiger partial charge in [-0.05, 0) is 13.3 Å². The molecule has 0 aliphatic carbocycles. The molecule has 0 aromatic carbocycles. The molecule has 0 saturated heterocycles. The first kappa shape index (κ1) is 15.5. The van der Waals surface area contributed by atoms with Crippen LogP contribution in [0.3, 0.4) is 0 Å². The standard InChI is InChI=1S/C9H14F6O/c1-4-6(2,5-8(10,11)12)7(3,16)9(13,14)15/h16H,4-5H2,1-3H3. The lowest BCUT2D eigenvalue weighted by Crippen LogP contribution is -2.56. The molecule has 0 bridgehead atoms. The van der Waals surface area contributed by atoms with Crippen LogP contribution in [0.2, 0.25) is 0 Å². The molecule has 0 heterocycles. The lowest BCUT2D eigenvalue weighted by Gasteiger charge is -2.43. The van der Waals surface area contributed by atoms with Crippen molar-refractivity contribution in [3.8, 4) is 0 Å². The van der Waals surface area contributed by atoms with Gasteiger partial charge in [0.2, 0.25) is 0 Å². The maximum Gasteiger partial charge on any atom is 0.417 e. The van der Waals surface area contributed by atoms with Crippen LogP contribution in [0.4, 0.5) is 26.3 Å². The van der Waals surface area contributed by atoms with E-state index in [0.717, 1.165) is 6.92 Å². The van der Waals surface area contributed by atoms with Crippen molar-refractivity contribution in [3.05, 3.63) is 0 Å². The van der Waals surface area contributed by atoms with E-state index in [1.807, 2.05) is 0 Å². The zero-order valence-electron chi connectivity index (χ0n) is 9.13. The summed E-state index contributed by atoms with van der Waals surface area (Å²) in [4.78, 5) is 0. The Labute approximate surface area is 89.4 Å². The van der Waals surface area contributed by atoms with Gasteiger partial charge in [0.1, 0.15) is 0 Å². The maximum atomic E-state index is 12.5. The highest BCUT2D eigenvalue weighted by atomic mass is 19.4. The second kappa shape index (κ2) is 4.09. The molecule has 0 spiro atoms. The molecule has 0 radical (unpaired) electrons. The van der Waals surface area contributed by atoms with Gasteiger partial charge in [-0.2, -0.15) is 26.3 Å². The van der Waals surface area contributed by atoms with Gasteiger partial charge in [-0.3, -0.25) is 0 Å². The van der Waals surface area contributed by atoms with Crippen LogP contribution in [0.25, 0.3) is 0 Å². The van der Waals surface area contributed by atoms with Crippen molar-refractivity contribution in [2.75, 3.05) is 0 Å². The molecule has 98 valence electrons. The van der Waals surface area contributed by atoms with E-state index >= 15 is 0 Å². The average molecular weight is 252 g/mol. The second-order valence-electron chi connectivity index (χ2n) is 4.28. The van der Waals surface area contributed by atoms with E-state index in [2.05, 4.69) is 0 Å². The molecule has 0 aliphatic rings. The van der Waals surface area contributed by atoms with Crippen molar-refractivity contribution >= 4 is 0 Å². The fraction of sp³-hybridized carbons (Fsp3) is 1.00. The molecule has 0 aromatic rings. The van der Waals surface area contributed by atoms with Gasteiger partial charge >= 0.3 is 12.4 Å². The molecule has 0 amide bonds. The number of aliphatic hydroxyl groups is 1. The van der Waals surface area contributed by atoms with Crippen LogP contribution >= 0.6 is 0 Å². The van der Waals surface area contributed by atoms with Crippen LogP contribution in [0.15, 0.2) is 0 Å². The molecular weight excluding hydrogens is 238 g/mol. The molecule has 7 heteroatoms. The molecule has 0 fully saturated rings. The second-order valence-corrected chi connectivity index (χ2v) is 4.28. The Morgan fingerprint density at radius 3 is 1.50 bits per heavy atom. The zero-order valence-corrected chi connectivity index (χ0v) is 9.13. The van der Waals surface area contributed by atoms with Crippen molar-refractivity contribution < 1.29 is 31.4 Å². The predicted molar refractivity (Wildman–Crippen MR) is 45.7 cm³/mol. The summed E-state index contributed by atoms with van der Waals surface area (Å²) in [6, 6.07) is 0. The normalized spacial score (nSPS) is 21.4. The Morgan fingerprint density at radius 1 is 0.938 bits per heavy atom. The largest absolute Gasteiger partial charge is 0.417 e. The van der Waals surface area contributed by atoms with E-state index < -0.39 is 36.2 Å². The summed E-state index contributed by atoms with van der Waals surface area (Å²) in [7, 11) is 0. The third-order valence-electron chi connectivity index (χ3n) is 3.10. The minimum Gasteiger partial charge on any atom is -0.380 e. The molecule has 16 heavy (non-hydrogen) atoms. The lowest BCUT2D eigenvalue weighted by atomic mass is 9.69. The molecule has 0 rings (SSSR count). The Morgan fingerprint density at radius 2 is 1.31 bits per heavy atom. The predicted octanol–water partition coefficient (Wildman–Crippen LogP) is 3.67. The number of hydrogen-bond acceptors (Lipinski definition) is 1. The van der Waals surface area contributed by atoms with Gasteiger partial charge in [0.25, 0.3) is 0 Å². The lowest BCUT2D eigenvalue weighted by molar-refractivity contribution is -0.307. The Balaban J connectivity index is 5.26. The Hall–Kier alpha value is -0.460. The molecular formula is C9H14F6O. The Bertz CT molecular complexity index is 241. The van der Waals surface area contributed by atoms with Gasteiger partial charge in [-0.15, -0.1) is 0 Å². The molecule has 0 saturated carbocycles. The maximum absolute atomic E-state index is 12.5. The van der Waals surface area contributed by atoms with Crippen LogP contribution < -0.4 is 0 Å². The summed E-state index contributed by atoms with van der Waals surface area (Å²) in [5, 5.41) is 9.31. The van der Waals surface area contributed by atoms with Gasteiger partial charge in [0.15, 0.2) is 5.60 Å². The summed E-state index contributed by atoms with van der Waals surface area (Å²) in [6.45, 7) is 2.35. The van der Waals surface area contributed by atoms with Gasteiger partial charge in [-0.25, -0.2) is 0 Å². The van der Waals surface area contributed by atoms with Gasteiger partial charge in [-0.1, -0.05) is 13.8 Å². The third-order valence-corrected chi connectivity index (χ3v) is 3.10. The topological polar surface area (TPSA) is 20.2 Å². The first-order valence-corrected chi connectivity index (χ1v) is 4.63. The smallest absolute Gasteiger partial charge is 0.380 e. The van der Waals surface area contributed by atoms with Crippen molar-refractivity contribution in [3.63, 3.8) is 0 Å². The first-order valence-electron chi connectivity index (χ1n) is 4.63. The summed E-state index contributed by atoms with van der Waals surface area (Å²) >= 11 is 0. The van der Waals surface area contributed by atoms with E-state index in [4.69, 9.17) is 0 Å². The highest BCUT2D eigenvalue weighted by molar-refractivity contribution is 4.98. The van der Waals surface area contributed by atoms with E-state index in [9.17, 15) is 31.4 Å². The fourth-order valence-electron chi connectivity index (χ4n) is 1.43. The monoisotopic (exact) mass is 252 g/mol. The van der Waals surface area contributed by atoms with Crippen LogP contribution in [0.1, 0.15) is 33.6 Å². The molecule has 2 atom stereocenters. The minimum absolute atomic E-state index is 0.377. The van der Waals surface area contributed by atoms with Crippen LogP contribution in [0, 0.1) is 5.41 Å². The minimum atomic E-state index is -5.09. The third kappa shape index (κ3) is 3.02. The van der Waals surface area contributed by atoms with Gasteiger partial charge in [0.05, 0.1) is 6.42 Å². The fourth-order valence-corrected chi connectivity index (χ4v) is 1.43. The van der Waals surface area contributed by atoms with Crippen molar-refractivity contribution in [2.45, 2.75) is 51.6 Å². The van der Waals surface area contributed by atoms with Crippen LogP contribution in [-0.2, 0) is 0 Å². The quantitative estimate of drug-likeness (QED) is 0.760. The summed E-state index contributed by atoms with van der Waals surface area (Å²) in [6.07, 6.45) is -12.0. The van der Waals surface area contributed by atoms with E-state index in [-0.39, 0.29) is 0 Å². The average Bonchev–Trinajstić information content (AvgIpc) is 1.98. The van der Waals surface area contributed by atoms with E-state index in [1.54, 1.807) is 0 Å². The van der Waals surface area contributed by atoms with Crippen molar-refractivity contribution in [2.24, 2.45) is 5.41 Å². The molecule has 1 nitrogen and oxygen atoms in total. The SMILES string of the molecule is CCC(C)(CC(F)(F)F)C(C)(O)C(F)(F)F. The number of alkyl halides is 6. The Kier molecular flexibility index (Phi) is 3.97. The van der Waals surface area contributed by atoms with Crippen molar-refractivity contribution in [1.82, 2.24) is 0 Å². The molecule has 1 N–H and O–H groups in total. The van der Waals surface area contributed by atoms with Gasteiger partial charge < -0.3 is 5.11 Å². The van der Waals surface area contributed by atoms with Gasteiger partial charge in [0, 0.05) is 5.41 Å². The first-order chi connectivity index (χ1) is 6.77. The van der Waals surface area contributed by atoms with Crippen molar-refractivity contribution in [1.29, 1.82) is 0 Å². The molecule has 2 unspecified atom stereocenters. The number of halogens is 6. The summed E-state index contributed by atoms with van der Waals surface area (Å²) in [5.41, 5.74) is -5.66. The summed E-state index contributed by atoms with van der Waals surface area (Å²) in [5.74, 6) is 0. The highest BCUT2D eigenvalue weighted by Crippen LogP contribution is 2.50. The van der Waals surface area contributed by atoms with Crippen LogP contribution in [-0.4, -0.2) is 23.1 Å². The molecule has 0 aromatic heterocycles. The highest BCUT2D eigenvalue weighted by Gasteiger charge is 2.62. The number of hydrogen-bond donors (Lipinski definition) is 1. The molecule has 0 aliphatic heterocycles. The zero-order chi connectivity index (χ0) is 13.4. The summed E-state index contributed by atoms with van der Waals surface area (Å²) < 4.78 is 74.0. The van der Waals surface area contributed by atoms with E-state index in [0.29, 0.717) is 6.92 Å². The number of rotatable bonds is 3. The van der Waals surface area contributed by atoms with E-state index in [1.165, 1.54) is 6.92 Å².